The summed E-state index contributed by atoms with van der Waals surface area (Å²) in [6.07, 6.45) is 1.73. The first-order chi connectivity index (χ1) is 11.1. The lowest BCUT2D eigenvalue weighted by Crippen LogP contribution is -2.33. The van der Waals surface area contributed by atoms with Gasteiger partial charge in [-0.15, -0.1) is 0 Å². The Hall–Kier alpha value is -2.70. The van der Waals surface area contributed by atoms with Crippen molar-refractivity contribution in [2.45, 2.75) is 6.42 Å². The van der Waals surface area contributed by atoms with Crippen molar-refractivity contribution in [3.8, 4) is 5.75 Å². The molecule has 0 radical (unpaired) electrons. The third-order valence-corrected chi connectivity index (χ3v) is 3.64. The molecule has 1 aliphatic heterocycles. The Bertz CT molecular complexity index is 846. The molecule has 1 aliphatic rings. The predicted octanol–water partition coefficient (Wildman–Crippen LogP) is 2.23. The number of phenolic OH excluding ortho intramolecular Hbond substituents is 1. The molecule has 0 saturated carbocycles. The minimum absolute atomic E-state index is 0.0238. The van der Waals surface area contributed by atoms with Gasteiger partial charge >= 0.3 is 5.84 Å². The normalized spacial score (nSPS) is 14.5. The highest BCUT2D eigenvalue weighted by Crippen LogP contribution is 2.34. The van der Waals surface area contributed by atoms with Crippen molar-refractivity contribution in [2.75, 3.05) is 0 Å². The Morgan fingerprint density at radius 3 is 2.87 bits per heavy atom. The largest absolute Gasteiger partial charge is 0.507 e. The lowest BCUT2D eigenvalue weighted by Gasteiger charge is -2.03. The van der Waals surface area contributed by atoms with Gasteiger partial charge in [-0.1, -0.05) is 23.7 Å². The number of benzene rings is 2. The van der Waals surface area contributed by atoms with Gasteiger partial charge in [0.1, 0.15) is 18.4 Å². The number of halogens is 1. The van der Waals surface area contributed by atoms with Gasteiger partial charge in [-0.2, -0.15) is 4.58 Å². The number of hydrogen-bond acceptors (Lipinski definition) is 4. The van der Waals surface area contributed by atoms with Gasteiger partial charge in [0, 0.05) is 5.02 Å². The van der Waals surface area contributed by atoms with Crippen LogP contribution >= 0.6 is 11.6 Å². The number of amides is 1. The number of aliphatic imine (C=N–C) groups is 1. The SMILES string of the molecule is NNC(=O)CC1=Nc2ccccc2[N+]1=Cc1ccc(Cl)cc1O. The summed E-state index contributed by atoms with van der Waals surface area (Å²) in [6, 6.07) is 12.3. The molecule has 0 bridgehead atoms. The number of fused-ring (bicyclic) bond motifs is 1. The molecule has 0 aromatic heterocycles. The molecular formula is C16H14ClN4O2+. The third-order valence-electron chi connectivity index (χ3n) is 3.41. The highest BCUT2D eigenvalue weighted by molar-refractivity contribution is 6.30. The number of para-hydroxylation sites is 2. The van der Waals surface area contributed by atoms with Crippen LogP contribution in [0.15, 0.2) is 47.5 Å². The van der Waals surface area contributed by atoms with Crippen LogP contribution in [0, 0.1) is 0 Å². The van der Waals surface area contributed by atoms with Gasteiger partial charge in [0.15, 0.2) is 5.69 Å². The fourth-order valence-electron chi connectivity index (χ4n) is 2.32. The predicted molar refractivity (Wildman–Crippen MR) is 88.7 cm³/mol. The summed E-state index contributed by atoms with van der Waals surface area (Å²) >= 11 is 5.85. The number of hydrogen-bond donors (Lipinski definition) is 3. The van der Waals surface area contributed by atoms with Crippen molar-refractivity contribution < 1.29 is 14.5 Å². The molecule has 7 heteroatoms. The first kappa shape index (κ1) is 15.2. The van der Waals surface area contributed by atoms with Crippen LogP contribution in [0.4, 0.5) is 11.4 Å². The number of amidine groups is 1. The molecule has 0 unspecified atom stereocenters. The number of hydrazine groups is 1. The van der Waals surface area contributed by atoms with Crippen LogP contribution in [0.5, 0.6) is 5.75 Å². The molecule has 2 aromatic rings. The second-order valence-corrected chi connectivity index (χ2v) is 5.40. The van der Waals surface area contributed by atoms with Crippen LogP contribution in [0.2, 0.25) is 5.02 Å². The van der Waals surface area contributed by atoms with E-state index in [9.17, 15) is 9.90 Å². The Morgan fingerprint density at radius 1 is 1.35 bits per heavy atom. The van der Waals surface area contributed by atoms with Crippen LogP contribution in [0.25, 0.3) is 0 Å². The maximum Gasteiger partial charge on any atom is 0.314 e. The van der Waals surface area contributed by atoms with E-state index in [4.69, 9.17) is 17.4 Å². The molecule has 23 heavy (non-hydrogen) atoms. The Morgan fingerprint density at radius 2 is 2.13 bits per heavy atom. The molecule has 6 nitrogen and oxygen atoms in total. The molecule has 4 N–H and O–H groups in total. The average molecular weight is 330 g/mol. The number of rotatable bonds is 3. The Balaban J connectivity index is 2.07. The first-order valence-electron chi connectivity index (χ1n) is 6.87. The quantitative estimate of drug-likeness (QED) is 0.349. The fraction of sp³-hybridized carbons (Fsp3) is 0.0625. The second-order valence-electron chi connectivity index (χ2n) is 4.96. The smallest absolute Gasteiger partial charge is 0.314 e. The molecule has 0 atom stereocenters. The average Bonchev–Trinajstić information content (AvgIpc) is 2.87. The summed E-state index contributed by atoms with van der Waals surface area (Å²) < 4.78 is 1.76. The summed E-state index contributed by atoms with van der Waals surface area (Å²) in [6.45, 7) is 0. The van der Waals surface area contributed by atoms with E-state index in [0.29, 0.717) is 16.4 Å². The summed E-state index contributed by atoms with van der Waals surface area (Å²) in [5.41, 5.74) is 4.22. The molecular weight excluding hydrogens is 316 g/mol. The maximum atomic E-state index is 11.6. The molecule has 0 fully saturated rings. The maximum absolute atomic E-state index is 11.6. The molecule has 1 heterocycles. The van der Waals surface area contributed by atoms with Crippen molar-refractivity contribution in [2.24, 2.45) is 10.8 Å². The number of carbonyl (C=O) groups excluding carboxylic acids is 1. The zero-order chi connectivity index (χ0) is 16.4. The van der Waals surface area contributed by atoms with Gasteiger partial charge in [-0.05, 0) is 35.3 Å². The molecule has 2 aromatic carbocycles. The molecule has 0 spiro atoms. The second kappa shape index (κ2) is 6.20. The molecule has 0 saturated heterocycles. The molecule has 0 aliphatic carbocycles. The molecule has 116 valence electrons. The highest BCUT2D eigenvalue weighted by Gasteiger charge is 2.31. The molecule has 3 rings (SSSR count). The van der Waals surface area contributed by atoms with E-state index in [1.807, 2.05) is 24.3 Å². The standard InChI is InChI=1S/C16H13ClN4O2/c17-11-6-5-10(14(22)7-11)9-21-13-4-2-1-3-12(13)19-15(21)8-16(23)20-18/h1-7,9H,8,18H2,(H,20,23)/p+1. The number of phenols is 1. The summed E-state index contributed by atoms with van der Waals surface area (Å²) in [5.74, 6) is 5.37. The lowest BCUT2D eigenvalue weighted by atomic mass is 10.2. The summed E-state index contributed by atoms with van der Waals surface area (Å²) in [4.78, 5) is 16.1. The monoisotopic (exact) mass is 329 g/mol. The van der Waals surface area contributed by atoms with Crippen LogP contribution < -0.4 is 11.3 Å². The number of nitrogens with one attached hydrogen (secondary N) is 1. The van der Waals surface area contributed by atoms with Crippen molar-refractivity contribution in [3.05, 3.63) is 53.1 Å². The minimum Gasteiger partial charge on any atom is -0.507 e. The number of carbonyl (C=O) groups is 1. The van der Waals surface area contributed by atoms with Gasteiger partial charge < -0.3 is 5.11 Å². The lowest BCUT2D eigenvalue weighted by molar-refractivity contribution is -0.296. The third kappa shape index (κ3) is 3.08. The number of aromatic hydroxyl groups is 1. The number of nitrogens with two attached hydrogens (primary N) is 1. The Kier molecular flexibility index (Phi) is 4.10. The van der Waals surface area contributed by atoms with E-state index in [-0.39, 0.29) is 18.1 Å². The zero-order valence-electron chi connectivity index (χ0n) is 12.0. The van der Waals surface area contributed by atoms with E-state index in [1.54, 1.807) is 22.9 Å². The fourth-order valence-corrected chi connectivity index (χ4v) is 2.49. The van der Waals surface area contributed by atoms with E-state index >= 15 is 0 Å². The van der Waals surface area contributed by atoms with Crippen molar-refractivity contribution in [3.63, 3.8) is 0 Å². The summed E-state index contributed by atoms with van der Waals surface area (Å²) in [5, 5.41) is 10.5. The minimum atomic E-state index is -0.352. The van der Waals surface area contributed by atoms with Gasteiger partial charge in [-0.25, -0.2) is 5.84 Å². The van der Waals surface area contributed by atoms with E-state index in [2.05, 4.69) is 10.4 Å². The van der Waals surface area contributed by atoms with Crippen LogP contribution in [0.3, 0.4) is 0 Å². The van der Waals surface area contributed by atoms with Crippen molar-refractivity contribution in [1.29, 1.82) is 0 Å². The first-order valence-corrected chi connectivity index (χ1v) is 7.25. The Labute approximate surface area is 137 Å². The van der Waals surface area contributed by atoms with Gasteiger partial charge in [0.25, 0.3) is 0 Å². The van der Waals surface area contributed by atoms with Crippen LogP contribution in [-0.4, -0.2) is 27.6 Å². The molecule has 1 amide bonds. The summed E-state index contributed by atoms with van der Waals surface area (Å²) in [7, 11) is 0. The van der Waals surface area contributed by atoms with Crippen LogP contribution in [-0.2, 0) is 4.79 Å². The highest BCUT2D eigenvalue weighted by atomic mass is 35.5. The van der Waals surface area contributed by atoms with Crippen molar-refractivity contribution in [1.82, 2.24) is 5.43 Å². The number of nitrogens with zero attached hydrogens (tertiary/aromatic N) is 2. The van der Waals surface area contributed by atoms with Crippen molar-refractivity contribution >= 4 is 40.9 Å². The van der Waals surface area contributed by atoms with E-state index in [0.717, 1.165) is 11.4 Å². The topological polar surface area (TPSA) is 90.7 Å². The van der Waals surface area contributed by atoms with E-state index in [1.165, 1.54) is 6.07 Å². The van der Waals surface area contributed by atoms with Gasteiger partial charge in [0.05, 0.1) is 5.56 Å². The van der Waals surface area contributed by atoms with Crippen LogP contribution in [0.1, 0.15) is 12.0 Å². The van der Waals surface area contributed by atoms with E-state index < -0.39 is 0 Å². The zero-order valence-corrected chi connectivity index (χ0v) is 12.8. The van der Waals surface area contributed by atoms with Gasteiger partial charge in [-0.3, -0.25) is 10.2 Å². The van der Waals surface area contributed by atoms with Gasteiger partial charge in [0.2, 0.25) is 11.6 Å².